The largest absolute Gasteiger partial charge is 0.377 e. The molecule has 0 bridgehead atoms. The Morgan fingerprint density at radius 2 is 2.18 bits per heavy atom. The van der Waals surface area contributed by atoms with Crippen molar-refractivity contribution in [2.75, 3.05) is 38.3 Å². The molecule has 17 heavy (non-hydrogen) atoms. The van der Waals surface area contributed by atoms with Crippen LogP contribution < -0.4 is 10.2 Å². The van der Waals surface area contributed by atoms with Gasteiger partial charge in [-0.1, -0.05) is 0 Å². The topological polar surface area (TPSA) is 24.5 Å². The Morgan fingerprint density at radius 1 is 1.41 bits per heavy atom. The molecule has 0 aromatic heterocycles. The Morgan fingerprint density at radius 3 is 2.88 bits per heavy atom. The molecular weight excluding hydrogens is 219 g/mol. The summed E-state index contributed by atoms with van der Waals surface area (Å²) in [5.74, 6) is -0.186. The minimum absolute atomic E-state index is 0.186. The molecule has 0 saturated carbocycles. The lowest BCUT2D eigenvalue weighted by Crippen LogP contribution is -2.46. The van der Waals surface area contributed by atoms with Crippen molar-refractivity contribution in [3.8, 4) is 0 Å². The molecule has 2 rings (SSSR count). The van der Waals surface area contributed by atoms with E-state index >= 15 is 0 Å². The minimum Gasteiger partial charge on any atom is -0.377 e. The van der Waals surface area contributed by atoms with Gasteiger partial charge in [-0.15, -0.1) is 0 Å². The highest BCUT2D eigenvalue weighted by atomic mass is 19.1. The Bertz CT molecular complexity index is 342. The van der Waals surface area contributed by atoms with Gasteiger partial charge < -0.3 is 15.0 Å². The number of nitrogens with zero attached hydrogens (tertiary/aromatic N) is 1. The first-order valence-corrected chi connectivity index (χ1v) is 6.06. The fraction of sp³-hybridized carbons (Fsp3) is 0.538. The van der Waals surface area contributed by atoms with Crippen LogP contribution in [0.1, 0.15) is 6.42 Å². The monoisotopic (exact) mass is 238 g/mol. The fourth-order valence-corrected chi connectivity index (χ4v) is 2.18. The van der Waals surface area contributed by atoms with Gasteiger partial charge in [0.1, 0.15) is 5.82 Å². The number of ether oxygens (including phenoxy) is 1. The minimum atomic E-state index is -0.186. The van der Waals surface area contributed by atoms with Gasteiger partial charge in [-0.2, -0.15) is 0 Å². The van der Waals surface area contributed by atoms with Gasteiger partial charge in [0.15, 0.2) is 0 Å². The van der Waals surface area contributed by atoms with Crippen molar-refractivity contribution in [3.05, 3.63) is 30.1 Å². The van der Waals surface area contributed by atoms with Gasteiger partial charge in [-0.05, 0) is 44.3 Å². The zero-order chi connectivity index (χ0) is 12.1. The summed E-state index contributed by atoms with van der Waals surface area (Å²) in [5, 5.41) is 3.15. The Hall–Kier alpha value is -1.13. The van der Waals surface area contributed by atoms with Gasteiger partial charge >= 0.3 is 0 Å². The smallest absolute Gasteiger partial charge is 0.123 e. The van der Waals surface area contributed by atoms with E-state index in [0.29, 0.717) is 6.04 Å². The second kappa shape index (κ2) is 5.98. The quantitative estimate of drug-likeness (QED) is 0.863. The van der Waals surface area contributed by atoms with E-state index in [1.54, 1.807) is 0 Å². The van der Waals surface area contributed by atoms with Crippen LogP contribution >= 0.6 is 0 Å². The maximum Gasteiger partial charge on any atom is 0.123 e. The van der Waals surface area contributed by atoms with E-state index in [-0.39, 0.29) is 5.82 Å². The average molecular weight is 238 g/mol. The third kappa shape index (κ3) is 3.17. The summed E-state index contributed by atoms with van der Waals surface area (Å²) in [5.41, 5.74) is 1.08. The molecule has 3 nitrogen and oxygen atoms in total. The summed E-state index contributed by atoms with van der Waals surface area (Å²) in [6, 6.07) is 7.08. The van der Waals surface area contributed by atoms with E-state index in [4.69, 9.17) is 4.74 Å². The van der Waals surface area contributed by atoms with Crippen molar-refractivity contribution in [2.45, 2.75) is 12.5 Å². The zero-order valence-corrected chi connectivity index (χ0v) is 10.2. The highest BCUT2D eigenvalue weighted by molar-refractivity contribution is 5.47. The summed E-state index contributed by atoms with van der Waals surface area (Å²) in [6.07, 6.45) is 1.04. The Balaban J connectivity index is 2.07. The van der Waals surface area contributed by atoms with Crippen molar-refractivity contribution in [2.24, 2.45) is 0 Å². The molecule has 1 aliphatic heterocycles. The standard InChI is InChI=1S/C13H19FN2O/c1-15-7-6-13-10-17-9-8-16(13)12-4-2-11(14)3-5-12/h2-5,13,15H,6-10H2,1H3. The third-order valence-electron chi connectivity index (χ3n) is 3.11. The highest BCUT2D eigenvalue weighted by Gasteiger charge is 2.22. The summed E-state index contributed by atoms with van der Waals surface area (Å²) in [6.45, 7) is 3.33. The number of rotatable bonds is 4. The third-order valence-corrected chi connectivity index (χ3v) is 3.11. The Kier molecular flexibility index (Phi) is 4.34. The van der Waals surface area contributed by atoms with Gasteiger partial charge in [0.25, 0.3) is 0 Å². The number of benzene rings is 1. The van der Waals surface area contributed by atoms with E-state index in [2.05, 4.69) is 10.2 Å². The molecular formula is C13H19FN2O. The lowest BCUT2D eigenvalue weighted by Gasteiger charge is -2.37. The highest BCUT2D eigenvalue weighted by Crippen LogP contribution is 2.21. The molecule has 0 aliphatic carbocycles. The predicted octanol–water partition coefficient (Wildman–Crippen LogP) is 1.64. The number of hydrogen-bond donors (Lipinski definition) is 1. The summed E-state index contributed by atoms with van der Waals surface area (Å²) in [4.78, 5) is 2.31. The molecule has 1 saturated heterocycles. The molecule has 4 heteroatoms. The lowest BCUT2D eigenvalue weighted by atomic mass is 10.1. The molecule has 1 atom stereocenters. The molecule has 0 amide bonds. The van der Waals surface area contributed by atoms with Crippen molar-refractivity contribution in [1.82, 2.24) is 5.32 Å². The first kappa shape index (κ1) is 12.3. The molecule has 1 unspecified atom stereocenters. The maximum atomic E-state index is 12.9. The number of nitrogens with one attached hydrogen (secondary N) is 1. The molecule has 0 radical (unpaired) electrons. The van der Waals surface area contributed by atoms with Gasteiger partial charge in [0.05, 0.1) is 19.3 Å². The normalized spacial score (nSPS) is 20.6. The van der Waals surface area contributed by atoms with E-state index in [9.17, 15) is 4.39 Å². The van der Waals surface area contributed by atoms with Crippen LogP contribution in [0.2, 0.25) is 0 Å². The number of hydrogen-bond acceptors (Lipinski definition) is 3. The van der Waals surface area contributed by atoms with Gasteiger partial charge in [0, 0.05) is 12.2 Å². The van der Waals surface area contributed by atoms with Crippen LogP contribution in [0.25, 0.3) is 0 Å². The first-order valence-electron chi connectivity index (χ1n) is 6.06. The second-order valence-corrected chi connectivity index (χ2v) is 4.29. The number of halogens is 1. The molecule has 94 valence electrons. The average Bonchev–Trinajstić information content (AvgIpc) is 2.38. The van der Waals surface area contributed by atoms with Crippen molar-refractivity contribution < 1.29 is 9.13 Å². The van der Waals surface area contributed by atoms with Crippen LogP contribution in [-0.2, 0) is 4.74 Å². The van der Waals surface area contributed by atoms with Crippen LogP contribution in [0, 0.1) is 5.82 Å². The van der Waals surface area contributed by atoms with Gasteiger partial charge in [0.2, 0.25) is 0 Å². The fourth-order valence-electron chi connectivity index (χ4n) is 2.18. The van der Waals surface area contributed by atoms with Crippen molar-refractivity contribution in [1.29, 1.82) is 0 Å². The predicted molar refractivity (Wildman–Crippen MR) is 66.9 cm³/mol. The Labute approximate surface area is 102 Å². The lowest BCUT2D eigenvalue weighted by molar-refractivity contribution is 0.0917. The van der Waals surface area contributed by atoms with E-state index < -0.39 is 0 Å². The molecule has 1 aromatic rings. The van der Waals surface area contributed by atoms with Crippen LogP contribution in [0.5, 0.6) is 0 Å². The summed E-state index contributed by atoms with van der Waals surface area (Å²) in [7, 11) is 1.95. The summed E-state index contributed by atoms with van der Waals surface area (Å²) >= 11 is 0. The van der Waals surface area contributed by atoms with Crippen molar-refractivity contribution in [3.63, 3.8) is 0 Å². The van der Waals surface area contributed by atoms with E-state index in [0.717, 1.165) is 38.4 Å². The molecule has 1 aromatic carbocycles. The van der Waals surface area contributed by atoms with Gasteiger partial charge in [-0.3, -0.25) is 0 Å². The van der Waals surface area contributed by atoms with E-state index in [1.807, 2.05) is 19.2 Å². The molecule has 1 fully saturated rings. The molecule has 0 spiro atoms. The van der Waals surface area contributed by atoms with Crippen LogP contribution in [-0.4, -0.2) is 39.4 Å². The molecule has 1 heterocycles. The molecule has 1 N–H and O–H groups in total. The van der Waals surface area contributed by atoms with Crippen LogP contribution in [0.15, 0.2) is 24.3 Å². The summed E-state index contributed by atoms with van der Waals surface area (Å²) < 4.78 is 18.4. The van der Waals surface area contributed by atoms with Crippen molar-refractivity contribution >= 4 is 5.69 Å². The first-order chi connectivity index (χ1) is 8.31. The maximum absolute atomic E-state index is 12.9. The van der Waals surface area contributed by atoms with E-state index in [1.165, 1.54) is 12.1 Å². The number of anilines is 1. The zero-order valence-electron chi connectivity index (χ0n) is 10.2. The van der Waals surface area contributed by atoms with Gasteiger partial charge in [-0.25, -0.2) is 4.39 Å². The second-order valence-electron chi connectivity index (χ2n) is 4.29. The molecule has 1 aliphatic rings. The van der Waals surface area contributed by atoms with Crippen LogP contribution in [0.4, 0.5) is 10.1 Å². The SMILES string of the molecule is CNCCC1COCCN1c1ccc(F)cc1. The van der Waals surface area contributed by atoms with Crippen LogP contribution in [0.3, 0.4) is 0 Å². The number of morpholine rings is 1.